The van der Waals surface area contributed by atoms with E-state index in [2.05, 4.69) is 12.2 Å². The summed E-state index contributed by atoms with van der Waals surface area (Å²) >= 11 is 1.47. The van der Waals surface area contributed by atoms with Crippen LogP contribution in [0.1, 0.15) is 59.5 Å². The molecule has 1 atom stereocenters. The lowest BCUT2D eigenvalue weighted by molar-refractivity contribution is -0.122. The first-order valence-corrected chi connectivity index (χ1v) is 11.8. The number of esters is 1. The topological polar surface area (TPSA) is 75.7 Å². The van der Waals surface area contributed by atoms with Crippen LogP contribution < -0.4 is 10.2 Å². The van der Waals surface area contributed by atoms with Crippen LogP contribution in [0.5, 0.6) is 0 Å². The van der Waals surface area contributed by atoms with Crippen molar-refractivity contribution in [2.24, 2.45) is 5.92 Å². The summed E-state index contributed by atoms with van der Waals surface area (Å²) in [6.45, 7) is 4.50. The van der Waals surface area contributed by atoms with Crippen LogP contribution in [0.15, 0.2) is 24.3 Å². The highest BCUT2D eigenvalue weighted by atomic mass is 32.1. The highest BCUT2D eigenvalue weighted by Gasteiger charge is 2.36. The summed E-state index contributed by atoms with van der Waals surface area (Å²) in [7, 11) is 0. The number of nitrogens with one attached hydrogen (secondary N) is 1. The molecule has 31 heavy (non-hydrogen) atoms. The van der Waals surface area contributed by atoms with Crippen LogP contribution >= 0.6 is 11.3 Å². The Bertz CT molecular complexity index is 996. The molecule has 7 heteroatoms. The van der Waals surface area contributed by atoms with Crippen LogP contribution in [0, 0.1) is 5.92 Å². The third-order valence-corrected chi connectivity index (χ3v) is 7.25. The zero-order valence-corrected chi connectivity index (χ0v) is 18.8. The average Bonchev–Trinajstić information content (AvgIpc) is 3.34. The van der Waals surface area contributed by atoms with E-state index in [-0.39, 0.29) is 24.2 Å². The number of carbonyl (C=O) groups is 3. The number of fused-ring (bicyclic) bond motifs is 1. The fraction of sp³-hybridized carbons (Fsp3) is 0.458. The fourth-order valence-corrected chi connectivity index (χ4v) is 5.61. The van der Waals surface area contributed by atoms with E-state index in [0.717, 1.165) is 48.2 Å². The number of aryl methyl sites for hydroxylation is 2. The molecule has 1 aromatic carbocycles. The number of rotatable bonds is 6. The first-order chi connectivity index (χ1) is 15.0. The van der Waals surface area contributed by atoms with Gasteiger partial charge in [0.15, 0.2) is 0 Å². The molecule has 2 heterocycles. The van der Waals surface area contributed by atoms with Gasteiger partial charge in [-0.15, -0.1) is 11.3 Å². The molecule has 4 rings (SSSR count). The summed E-state index contributed by atoms with van der Waals surface area (Å²) in [6.07, 6.45) is 4.98. The maximum absolute atomic E-state index is 13.0. The number of anilines is 2. The minimum atomic E-state index is -0.451. The predicted octanol–water partition coefficient (Wildman–Crippen LogP) is 4.36. The molecule has 2 aromatic rings. The van der Waals surface area contributed by atoms with Crippen LogP contribution in [-0.4, -0.2) is 30.9 Å². The maximum Gasteiger partial charge on any atom is 0.341 e. The summed E-state index contributed by atoms with van der Waals surface area (Å²) < 4.78 is 5.26. The minimum Gasteiger partial charge on any atom is -0.462 e. The van der Waals surface area contributed by atoms with Crippen molar-refractivity contribution in [3.05, 3.63) is 45.8 Å². The monoisotopic (exact) mass is 440 g/mol. The van der Waals surface area contributed by atoms with Gasteiger partial charge in [-0.1, -0.05) is 19.1 Å². The Morgan fingerprint density at radius 2 is 1.90 bits per heavy atom. The molecule has 1 aliphatic carbocycles. The Balaban J connectivity index is 1.51. The van der Waals surface area contributed by atoms with Gasteiger partial charge >= 0.3 is 5.97 Å². The van der Waals surface area contributed by atoms with Gasteiger partial charge in [0, 0.05) is 23.5 Å². The zero-order chi connectivity index (χ0) is 22.0. The lowest BCUT2D eigenvalue weighted by atomic mass is 9.95. The number of thiophene rings is 1. The van der Waals surface area contributed by atoms with E-state index >= 15 is 0 Å². The smallest absolute Gasteiger partial charge is 0.341 e. The number of hydrogen-bond acceptors (Lipinski definition) is 5. The Morgan fingerprint density at radius 1 is 1.16 bits per heavy atom. The second kappa shape index (κ2) is 9.22. The molecular formula is C24H28N2O4S. The molecule has 1 saturated heterocycles. The molecule has 1 aliphatic heterocycles. The fourth-order valence-electron chi connectivity index (χ4n) is 4.33. The van der Waals surface area contributed by atoms with Gasteiger partial charge in [0.25, 0.3) is 0 Å². The lowest BCUT2D eigenvalue weighted by Gasteiger charge is -2.17. The Kier molecular flexibility index (Phi) is 6.41. The van der Waals surface area contributed by atoms with Crippen molar-refractivity contribution in [3.8, 4) is 0 Å². The number of nitrogens with zero attached hydrogens (tertiary/aromatic N) is 1. The van der Waals surface area contributed by atoms with Crippen molar-refractivity contribution in [1.82, 2.24) is 0 Å². The van der Waals surface area contributed by atoms with Crippen LogP contribution in [0.2, 0.25) is 0 Å². The van der Waals surface area contributed by atoms with Crippen LogP contribution in [-0.2, 0) is 33.6 Å². The van der Waals surface area contributed by atoms with Gasteiger partial charge in [-0.3, -0.25) is 9.59 Å². The second-order valence-electron chi connectivity index (χ2n) is 8.05. The summed E-state index contributed by atoms with van der Waals surface area (Å²) in [6, 6.07) is 7.89. The zero-order valence-electron chi connectivity index (χ0n) is 18.0. The molecule has 6 nitrogen and oxygen atoms in total. The largest absolute Gasteiger partial charge is 0.462 e. The van der Waals surface area contributed by atoms with Gasteiger partial charge < -0.3 is 15.0 Å². The minimum absolute atomic E-state index is 0.0551. The Morgan fingerprint density at radius 3 is 2.61 bits per heavy atom. The van der Waals surface area contributed by atoms with Crippen molar-refractivity contribution in [1.29, 1.82) is 0 Å². The standard InChI is InChI=1S/C24H28N2O4S/c1-3-15-9-11-17(12-10-15)26-14-16(13-20(26)27)22(28)25-23-21(24(29)30-4-2)18-7-5-6-8-19(18)31-23/h9-12,16H,3-8,13-14H2,1-2H3,(H,25,28). The predicted molar refractivity (Wildman–Crippen MR) is 122 cm³/mol. The first kappa shape index (κ1) is 21.6. The van der Waals surface area contributed by atoms with E-state index in [4.69, 9.17) is 4.74 Å². The quantitative estimate of drug-likeness (QED) is 0.678. The molecule has 1 unspecified atom stereocenters. The molecular weight excluding hydrogens is 412 g/mol. The SMILES string of the molecule is CCOC(=O)c1c(NC(=O)C2CC(=O)N(c3ccc(CC)cc3)C2)sc2c1CCCC2. The molecule has 1 aromatic heterocycles. The molecule has 0 radical (unpaired) electrons. The number of benzene rings is 1. The summed E-state index contributed by atoms with van der Waals surface area (Å²) in [5.74, 6) is -1.10. The Labute approximate surface area is 186 Å². The van der Waals surface area contributed by atoms with E-state index in [1.807, 2.05) is 24.3 Å². The van der Waals surface area contributed by atoms with Gasteiger partial charge in [-0.25, -0.2) is 4.79 Å². The molecule has 1 fully saturated rings. The Hall–Kier alpha value is -2.67. The van der Waals surface area contributed by atoms with Gasteiger partial charge in [-0.2, -0.15) is 0 Å². The summed E-state index contributed by atoms with van der Waals surface area (Å²) in [4.78, 5) is 41.1. The van der Waals surface area contributed by atoms with E-state index in [9.17, 15) is 14.4 Å². The molecule has 0 spiro atoms. The van der Waals surface area contributed by atoms with Crippen molar-refractivity contribution in [2.75, 3.05) is 23.4 Å². The van der Waals surface area contributed by atoms with E-state index in [1.54, 1.807) is 11.8 Å². The molecule has 164 valence electrons. The van der Waals surface area contributed by atoms with Crippen molar-refractivity contribution in [3.63, 3.8) is 0 Å². The highest BCUT2D eigenvalue weighted by Crippen LogP contribution is 2.39. The third kappa shape index (κ3) is 4.37. The lowest BCUT2D eigenvalue weighted by Crippen LogP contribution is -2.28. The van der Waals surface area contributed by atoms with E-state index in [0.29, 0.717) is 23.7 Å². The maximum atomic E-state index is 13.0. The van der Waals surface area contributed by atoms with Gasteiger partial charge in [0.05, 0.1) is 18.1 Å². The normalized spacial score (nSPS) is 18.1. The average molecular weight is 441 g/mol. The van der Waals surface area contributed by atoms with E-state index in [1.165, 1.54) is 16.9 Å². The van der Waals surface area contributed by atoms with Crippen molar-refractivity contribution in [2.45, 2.75) is 52.4 Å². The molecule has 0 saturated carbocycles. The van der Waals surface area contributed by atoms with Gasteiger partial charge in [0.1, 0.15) is 5.00 Å². The number of hydrogen-bond donors (Lipinski definition) is 1. The molecule has 2 amide bonds. The second-order valence-corrected chi connectivity index (χ2v) is 9.16. The summed E-state index contributed by atoms with van der Waals surface area (Å²) in [5.41, 5.74) is 3.55. The summed E-state index contributed by atoms with van der Waals surface area (Å²) in [5, 5.41) is 3.52. The van der Waals surface area contributed by atoms with Crippen LogP contribution in [0.4, 0.5) is 10.7 Å². The van der Waals surface area contributed by atoms with Crippen LogP contribution in [0.25, 0.3) is 0 Å². The molecule has 1 N–H and O–H groups in total. The number of carbonyl (C=O) groups excluding carboxylic acids is 3. The first-order valence-electron chi connectivity index (χ1n) is 11.0. The van der Waals surface area contributed by atoms with Crippen molar-refractivity contribution < 1.29 is 19.1 Å². The van der Waals surface area contributed by atoms with Gasteiger partial charge in [0.2, 0.25) is 11.8 Å². The number of ether oxygens (including phenoxy) is 1. The highest BCUT2D eigenvalue weighted by molar-refractivity contribution is 7.17. The van der Waals surface area contributed by atoms with Crippen molar-refractivity contribution >= 4 is 39.8 Å². The third-order valence-electron chi connectivity index (χ3n) is 6.04. The number of amides is 2. The van der Waals surface area contributed by atoms with E-state index < -0.39 is 5.92 Å². The van der Waals surface area contributed by atoms with Crippen LogP contribution in [0.3, 0.4) is 0 Å². The van der Waals surface area contributed by atoms with Gasteiger partial charge in [-0.05, 0) is 62.3 Å². The molecule has 2 aliphatic rings. The molecule has 0 bridgehead atoms.